The lowest BCUT2D eigenvalue weighted by Gasteiger charge is -2.47. The molecule has 0 aliphatic carbocycles. The highest BCUT2D eigenvalue weighted by molar-refractivity contribution is 5.17. The van der Waals surface area contributed by atoms with Gasteiger partial charge in [-0.15, -0.1) is 0 Å². The predicted molar refractivity (Wildman–Crippen MR) is 80.4 cm³/mol. The number of piperidine rings is 1. The van der Waals surface area contributed by atoms with Crippen LogP contribution in [0.25, 0.3) is 0 Å². The van der Waals surface area contributed by atoms with Gasteiger partial charge >= 0.3 is 0 Å². The second kappa shape index (κ2) is 4.81. The fourth-order valence-electron chi connectivity index (χ4n) is 4.07. The van der Waals surface area contributed by atoms with E-state index in [2.05, 4.69) is 36.3 Å². The molecule has 4 atom stereocenters. The summed E-state index contributed by atoms with van der Waals surface area (Å²) in [4.78, 5) is 2.20. The molecule has 1 aromatic rings. The second-order valence-corrected chi connectivity index (χ2v) is 7.18. The van der Waals surface area contributed by atoms with E-state index in [1.165, 1.54) is 5.56 Å². The number of halogens is 1. The molecule has 2 saturated heterocycles. The van der Waals surface area contributed by atoms with Crippen LogP contribution in [0.3, 0.4) is 0 Å². The Hall–Kier alpha value is -0.930. The number of alkyl halides is 1. The van der Waals surface area contributed by atoms with E-state index in [-0.39, 0.29) is 17.1 Å². The number of benzene rings is 1. The Labute approximate surface area is 121 Å². The van der Waals surface area contributed by atoms with Gasteiger partial charge in [0.05, 0.1) is 0 Å². The van der Waals surface area contributed by atoms with Gasteiger partial charge in [0.25, 0.3) is 0 Å². The highest BCUT2D eigenvalue weighted by atomic mass is 19.1. The quantitative estimate of drug-likeness (QED) is 0.912. The number of nitrogens with zero attached hydrogens (tertiary/aromatic N) is 1. The van der Waals surface area contributed by atoms with Gasteiger partial charge in [-0.25, -0.2) is 4.39 Å². The van der Waals surface area contributed by atoms with Crippen molar-refractivity contribution < 1.29 is 4.39 Å². The van der Waals surface area contributed by atoms with Gasteiger partial charge < -0.3 is 5.32 Å². The third-order valence-corrected chi connectivity index (χ3v) is 5.23. The van der Waals surface area contributed by atoms with Gasteiger partial charge in [-0.3, -0.25) is 4.90 Å². The summed E-state index contributed by atoms with van der Waals surface area (Å²) in [6.45, 7) is 5.11. The van der Waals surface area contributed by atoms with Crippen LogP contribution in [0.5, 0.6) is 0 Å². The minimum absolute atomic E-state index is 0.00829. The average Bonchev–Trinajstić information content (AvgIpc) is 2.69. The van der Waals surface area contributed by atoms with Crippen molar-refractivity contribution in [3.8, 4) is 0 Å². The summed E-state index contributed by atoms with van der Waals surface area (Å²) in [6, 6.07) is 10.4. The van der Waals surface area contributed by atoms with Crippen LogP contribution in [0.1, 0.15) is 38.7 Å². The lowest BCUT2D eigenvalue weighted by atomic mass is 9.82. The molecule has 2 aliphatic rings. The topological polar surface area (TPSA) is 15.3 Å². The summed E-state index contributed by atoms with van der Waals surface area (Å²) in [5.74, 6) is 0. The Morgan fingerprint density at radius 1 is 1.25 bits per heavy atom. The first kappa shape index (κ1) is 14.0. The zero-order valence-electron chi connectivity index (χ0n) is 12.7. The van der Waals surface area contributed by atoms with Gasteiger partial charge in [0.15, 0.2) is 0 Å². The number of hydrogen-bond acceptors (Lipinski definition) is 2. The predicted octanol–water partition coefficient (Wildman–Crippen LogP) is 3.13. The molecule has 0 saturated carbocycles. The molecule has 2 aliphatic heterocycles. The van der Waals surface area contributed by atoms with Gasteiger partial charge in [-0.1, -0.05) is 30.3 Å². The zero-order chi connectivity index (χ0) is 14.4. The second-order valence-electron chi connectivity index (χ2n) is 7.18. The normalized spacial score (nSPS) is 40.2. The number of fused-ring (bicyclic) bond motifs is 2. The van der Waals surface area contributed by atoms with Gasteiger partial charge in [0.1, 0.15) is 6.17 Å². The molecule has 20 heavy (non-hydrogen) atoms. The highest BCUT2D eigenvalue weighted by Crippen LogP contribution is 2.44. The molecule has 3 rings (SSSR count). The summed E-state index contributed by atoms with van der Waals surface area (Å²) >= 11 is 0. The molecule has 1 N–H and O–H groups in total. The van der Waals surface area contributed by atoms with E-state index in [1.54, 1.807) is 0 Å². The van der Waals surface area contributed by atoms with E-state index in [9.17, 15) is 4.39 Å². The molecule has 0 spiro atoms. The van der Waals surface area contributed by atoms with E-state index in [0.717, 1.165) is 25.8 Å². The summed E-state index contributed by atoms with van der Waals surface area (Å²) < 4.78 is 14.9. The number of nitrogens with one attached hydrogen (secondary N) is 1. The third-order valence-electron chi connectivity index (χ3n) is 5.23. The van der Waals surface area contributed by atoms with Crippen molar-refractivity contribution in [3.63, 3.8) is 0 Å². The molecule has 2 bridgehead atoms. The SMILES string of the molecule is CN(Cc1ccccc1)C1CC2(C)CCC(C)(N2)C1F. The minimum Gasteiger partial charge on any atom is -0.303 e. The lowest BCUT2D eigenvalue weighted by molar-refractivity contribution is 0.0139. The van der Waals surface area contributed by atoms with Crippen LogP contribution in [-0.2, 0) is 6.54 Å². The third kappa shape index (κ3) is 2.38. The standard InChI is InChI=1S/C17H25FN2/c1-16-9-10-17(2,19-16)15(18)14(11-16)20(3)12-13-7-5-4-6-8-13/h4-8,14-15,19H,9-12H2,1-3H3. The van der Waals surface area contributed by atoms with Gasteiger partial charge in [0.2, 0.25) is 0 Å². The zero-order valence-corrected chi connectivity index (χ0v) is 12.7. The summed E-state index contributed by atoms with van der Waals surface area (Å²) in [7, 11) is 2.06. The van der Waals surface area contributed by atoms with Crippen molar-refractivity contribution in [2.75, 3.05) is 7.05 Å². The van der Waals surface area contributed by atoms with Crippen LogP contribution in [0.2, 0.25) is 0 Å². The van der Waals surface area contributed by atoms with Crippen LogP contribution in [-0.4, -0.2) is 35.2 Å². The van der Waals surface area contributed by atoms with Crippen LogP contribution in [0.15, 0.2) is 30.3 Å². The summed E-state index contributed by atoms with van der Waals surface area (Å²) in [5, 5.41) is 3.54. The fourth-order valence-corrected chi connectivity index (χ4v) is 4.07. The van der Waals surface area contributed by atoms with Gasteiger partial charge in [0, 0.05) is 23.7 Å². The minimum atomic E-state index is -0.799. The largest absolute Gasteiger partial charge is 0.303 e. The number of rotatable bonds is 3. The van der Waals surface area contributed by atoms with Crippen molar-refractivity contribution in [2.24, 2.45) is 0 Å². The molecule has 3 heteroatoms. The van der Waals surface area contributed by atoms with Crippen molar-refractivity contribution >= 4 is 0 Å². The van der Waals surface area contributed by atoms with Crippen LogP contribution in [0, 0.1) is 0 Å². The maximum absolute atomic E-state index is 14.9. The lowest BCUT2D eigenvalue weighted by Crippen LogP contribution is -2.65. The van der Waals surface area contributed by atoms with E-state index in [1.807, 2.05) is 25.1 Å². The number of hydrogen-bond donors (Lipinski definition) is 1. The highest BCUT2D eigenvalue weighted by Gasteiger charge is 2.55. The van der Waals surface area contributed by atoms with E-state index in [4.69, 9.17) is 0 Å². The first-order chi connectivity index (χ1) is 9.42. The molecule has 4 unspecified atom stereocenters. The van der Waals surface area contributed by atoms with Crippen LogP contribution in [0.4, 0.5) is 4.39 Å². The van der Waals surface area contributed by atoms with Crippen molar-refractivity contribution in [3.05, 3.63) is 35.9 Å². The summed E-state index contributed by atoms with van der Waals surface area (Å²) in [5.41, 5.74) is 1.01. The average molecular weight is 276 g/mol. The van der Waals surface area contributed by atoms with E-state index < -0.39 is 6.17 Å². The Bertz CT molecular complexity index is 477. The smallest absolute Gasteiger partial charge is 0.133 e. The van der Waals surface area contributed by atoms with Gasteiger partial charge in [-0.2, -0.15) is 0 Å². The molecule has 2 fully saturated rings. The molecule has 0 amide bonds. The molecule has 2 nitrogen and oxygen atoms in total. The Morgan fingerprint density at radius 2 is 1.95 bits per heavy atom. The van der Waals surface area contributed by atoms with Crippen molar-refractivity contribution in [1.82, 2.24) is 10.2 Å². The van der Waals surface area contributed by atoms with E-state index >= 15 is 0 Å². The Kier molecular flexibility index (Phi) is 3.38. The van der Waals surface area contributed by atoms with Gasteiger partial charge in [-0.05, 0) is 45.7 Å². The molecule has 2 heterocycles. The molecule has 1 aromatic carbocycles. The summed E-state index contributed by atoms with van der Waals surface area (Å²) in [6.07, 6.45) is 2.12. The maximum atomic E-state index is 14.9. The molecular weight excluding hydrogens is 251 g/mol. The fraction of sp³-hybridized carbons (Fsp3) is 0.647. The first-order valence-corrected chi connectivity index (χ1v) is 7.60. The molecule has 0 radical (unpaired) electrons. The monoisotopic (exact) mass is 276 g/mol. The first-order valence-electron chi connectivity index (χ1n) is 7.60. The van der Waals surface area contributed by atoms with Crippen molar-refractivity contribution in [1.29, 1.82) is 0 Å². The van der Waals surface area contributed by atoms with Crippen LogP contribution >= 0.6 is 0 Å². The van der Waals surface area contributed by atoms with E-state index in [0.29, 0.717) is 0 Å². The molecule has 0 aromatic heterocycles. The van der Waals surface area contributed by atoms with Crippen molar-refractivity contribution in [2.45, 2.75) is 62.9 Å². The Morgan fingerprint density at radius 3 is 2.65 bits per heavy atom. The maximum Gasteiger partial charge on any atom is 0.133 e. The molecule has 110 valence electrons. The molecular formula is C17H25FN2. The Balaban J connectivity index is 1.76. The van der Waals surface area contributed by atoms with Crippen LogP contribution < -0.4 is 5.32 Å².